The van der Waals surface area contributed by atoms with Gasteiger partial charge in [0.2, 0.25) is 0 Å². The van der Waals surface area contributed by atoms with Crippen molar-refractivity contribution in [2.24, 2.45) is 0 Å². The first kappa shape index (κ1) is 22.2. The molecule has 1 N–H and O–H groups in total. The van der Waals surface area contributed by atoms with Gasteiger partial charge in [-0.25, -0.2) is 0 Å². The minimum absolute atomic E-state index is 0.0593. The smallest absolute Gasteiger partial charge is 0.269 e. The molecule has 3 aromatic rings. The minimum atomic E-state index is -0.420. The highest BCUT2D eigenvalue weighted by Gasteiger charge is 2.20. The molecule has 0 fully saturated rings. The number of carbonyl (C=O) groups excluding carboxylic acids is 1. The summed E-state index contributed by atoms with van der Waals surface area (Å²) in [5, 5.41) is 23.0. The van der Waals surface area contributed by atoms with Gasteiger partial charge in [0.05, 0.1) is 11.0 Å². The van der Waals surface area contributed by atoms with E-state index in [9.17, 15) is 14.9 Å². The molecular formula is C22H23N5O3S. The minimum Gasteiger partial charge on any atom is -0.342 e. The Morgan fingerprint density at radius 1 is 1.26 bits per heavy atom. The van der Waals surface area contributed by atoms with Crippen molar-refractivity contribution in [3.63, 3.8) is 0 Å². The van der Waals surface area contributed by atoms with E-state index < -0.39 is 4.92 Å². The maximum absolute atomic E-state index is 12.7. The summed E-state index contributed by atoms with van der Waals surface area (Å²) in [6.07, 6.45) is 1.75. The Hall–Kier alpha value is -3.46. The number of allylic oxidation sites excluding steroid dienone is 1. The monoisotopic (exact) mass is 437 g/mol. The number of aryl methyl sites for hydroxylation is 1. The van der Waals surface area contributed by atoms with E-state index in [-0.39, 0.29) is 17.6 Å². The number of hydrogen-bond acceptors (Lipinski definition) is 6. The predicted octanol–water partition coefficient (Wildman–Crippen LogP) is 4.46. The van der Waals surface area contributed by atoms with E-state index in [1.807, 2.05) is 36.6 Å². The van der Waals surface area contributed by atoms with Gasteiger partial charge in [0.15, 0.2) is 11.0 Å². The van der Waals surface area contributed by atoms with Crippen molar-refractivity contribution in [3.05, 3.63) is 93.8 Å². The van der Waals surface area contributed by atoms with E-state index in [4.69, 9.17) is 0 Å². The van der Waals surface area contributed by atoms with Gasteiger partial charge in [-0.05, 0) is 31.0 Å². The molecule has 1 heterocycles. The maximum atomic E-state index is 12.7. The number of aromatic nitrogens is 3. The standard InChI is InChI=1S/C22H23N5O3S/c1-4-13-26-20(16(3)23-21(28)19-8-6-5-7-15(19)2)24-25-22(26)31-14-17-9-11-18(12-10-17)27(29)30/h4-12,16H,1,13-14H2,2-3H3,(H,23,28)/t16-/m1/s1. The molecule has 0 aliphatic heterocycles. The Labute approximate surface area is 184 Å². The van der Waals surface area contributed by atoms with E-state index in [1.54, 1.807) is 24.3 Å². The van der Waals surface area contributed by atoms with Gasteiger partial charge < -0.3 is 9.88 Å². The highest BCUT2D eigenvalue weighted by atomic mass is 32.2. The molecule has 2 aromatic carbocycles. The Morgan fingerprint density at radius 2 is 1.97 bits per heavy atom. The highest BCUT2D eigenvalue weighted by molar-refractivity contribution is 7.98. The third-order valence-electron chi connectivity index (χ3n) is 4.70. The van der Waals surface area contributed by atoms with Gasteiger partial charge in [-0.3, -0.25) is 14.9 Å². The van der Waals surface area contributed by atoms with Crippen LogP contribution < -0.4 is 5.32 Å². The van der Waals surface area contributed by atoms with Crippen LogP contribution >= 0.6 is 11.8 Å². The van der Waals surface area contributed by atoms with Crippen molar-refractivity contribution in [1.29, 1.82) is 0 Å². The fourth-order valence-corrected chi connectivity index (χ4v) is 3.97. The predicted molar refractivity (Wildman–Crippen MR) is 120 cm³/mol. The van der Waals surface area contributed by atoms with E-state index in [0.29, 0.717) is 28.8 Å². The molecule has 3 rings (SSSR count). The Balaban J connectivity index is 1.73. The number of hydrogen-bond donors (Lipinski definition) is 1. The molecule has 9 heteroatoms. The summed E-state index contributed by atoms with van der Waals surface area (Å²) in [6.45, 7) is 8.06. The number of nitrogens with zero attached hydrogens (tertiary/aromatic N) is 4. The summed E-state index contributed by atoms with van der Waals surface area (Å²) < 4.78 is 1.91. The zero-order valence-electron chi connectivity index (χ0n) is 17.3. The van der Waals surface area contributed by atoms with Crippen LogP contribution in [0.3, 0.4) is 0 Å². The molecule has 0 bridgehead atoms. The lowest BCUT2D eigenvalue weighted by atomic mass is 10.1. The average molecular weight is 438 g/mol. The fourth-order valence-electron chi connectivity index (χ4n) is 3.06. The second-order valence-corrected chi connectivity index (χ2v) is 7.90. The third-order valence-corrected chi connectivity index (χ3v) is 5.73. The molecular weight excluding hydrogens is 414 g/mol. The number of amides is 1. The van der Waals surface area contributed by atoms with Crippen LogP contribution in [0.2, 0.25) is 0 Å². The van der Waals surface area contributed by atoms with Crippen LogP contribution in [0.25, 0.3) is 0 Å². The van der Waals surface area contributed by atoms with Crippen molar-refractivity contribution >= 4 is 23.4 Å². The van der Waals surface area contributed by atoms with E-state index >= 15 is 0 Å². The van der Waals surface area contributed by atoms with Crippen LogP contribution in [0.1, 0.15) is 40.3 Å². The number of nitro groups is 1. The summed E-state index contributed by atoms with van der Waals surface area (Å²) >= 11 is 1.47. The number of rotatable bonds is 9. The lowest BCUT2D eigenvalue weighted by molar-refractivity contribution is -0.384. The van der Waals surface area contributed by atoms with Crippen molar-refractivity contribution in [2.45, 2.75) is 37.3 Å². The molecule has 1 amide bonds. The van der Waals surface area contributed by atoms with E-state index in [2.05, 4.69) is 22.1 Å². The zero-order valence-corrected chi connectivity index (χ0v) is 18.1. The van der Waals surface area contributed by atoms with Crippen molar-refractivity contribution in [2.75, 3.05) is 0 Å². The molecule has 1 aromatic heterocycles. The van der Waals surface area contributed by atoms with Gasteiger partial charge in [-0.1, -0.05) is 48.2 Å². The summed E-state index contributed by atoms with van der Waals surface area (Å²) in [5.74, 6) is 1.05. The molecule has 0 saturated carbocycles. The van der Waals surface area contributed by atoms with Gasteiger partial charge in [0.25, 0.3) is 11.6 Å². The number of thioether (sulfide) groups is 1. The lowest BCUT2D eigenvalue weighted by Gasteiger charge is -2.16. The quantitative estimate of drug-likeness (QED) is 0.229. The van der Waals surface area contributed by atoms with Crippen LogP contribution in [0.4, 0.5) is 5.69 Å². The van der Waals surface area contributed by atoms with Gasteiger partial charge in [-0.2, -0.15) is 0 Å². The van der Waals surface area contributed by atoms with Crippen LogP contribution in [0.15, 0.2) is 66.3 Å². The molecule has 0 aliphatic rings. The SMILES string of the molecule is C=CCn1c(SCc2ccc([N+](=O)[O-])cc2)nnc1[C@@H](C)NC(=O)c1ccccc1C. The summed E-state index contributed by atoms with van der Waals surface area (Å²) in [5.41, 5.74) is 2.52. The summed E-state index contributed by atoms with van der Waals surface area (Å²) in [7, 11) is 0. The average Bonchev–Trinajstić information content (AvgIpc) is 3.15. The second kappa shape index (κ2) is 10.0. The largest absolute Gasteiger partial charge is 0.342 e. The molecule has 0 unspecified atom stereocenters. The van der Waals surface area contributed by atoms with Crippen LogP contribution in [0.5, 0.6) is 0 Å². The normalized spacial score (nSPS) is 11.7. The first-order chi connectivity index (χ1) is 14.9. The number of nitrogens with one attached hydrogen (secondary N) is 1. The highest BCUT2D eigenvalue weighted by Crippen LogP contribution is 2.25. The van der Waals surface area contributed by atoms with Crippen molar-refractivity contribution in [3.8, 4) is 0 Å². The third kappa shape index (κ3) is 5.37. The molecule has 0 radical (unpaired) electrons. The first-order valence-corrected chi connectivity index (χ1v) is 10.7. The van der Waals surface area contributed by atoms with Crippen molar-refractivity contribution < 1.29 is 9.72 Å². The first-order valence-electron chi connectivity index (χ1n) is 9.67. The van der Waals surface area contributed by atoms with Gasteiger partial charge in [-0.15, -0.1) is 16.8 Å². The van der Waals surface area contributed by atoms with Gasteiger partial charge in [0, 0.05) is 30.0 Å². The summed E-state index contributed by atoms with van der Waals surface area (Å²) in [6, 6.07) is 13.5. The number of benzene rings is 2. The molecule has 0 saturated heterocycles. The number of carbonyl (C=O) groups is 1. The van der Waals surface area contributed by atoms with Crippen LogP contribution in [-0.4, -0.2) is 25.6 Å². The topological polar surface area (TPSA) is 103 Å². The van der Waals surface area contributed by atoms with Gasteiger partial charge >= 0.3 is 0 Å². The lowest BCUT2D eigenvalue weighted by Crippen LogP contribution is -2.29. The molecule has 0 aliphatic carbocycles. The zero-order chi connectivity index (χ0) is 22.4. The second-order valence-electron chi connectivity index (χ2n) is 6.96. The Kier molecular flexibility index (Phi) is 7.19. The molecule has 8 nitrogen and oxygen atoms in total. The summed E-state index contributed by atoms with van der Waals surface area (Å²) in [4.78, 5) is 23.0. The Morgan fingerprint density at radius 3 is 2.61 bits per heavy atom. The fraction of sp³-hybridized carbons (Fsp3) is 0.227. The molecule has 1 atom stereocenters. The van der Waals surface area contributed by atoms with Crippen molar-refractivity contribution in [1.82, 2.24) is 20.1 Å². The van der Waals surface area contributed by atoms with E-state index in [1.165, 1.54) is 23.9 Å². The van der Waals surface area contributed by atoms with Gasteiger partial charge in [0.1, 0.15) is 0 Å². The molecule has 160 valence electrons. The van der Waals surface area contributed by atoms with Crippen LogP contribution in [-0.2, 0) is 12.3 Å². The number of nitro benzene ring substituents is 1. The number of non-ortho nitro benzene ring substituents is 1. The Bertz CT molecular complexity index is 1090. The molecule has 31 heavy (non-hydrogen) atoms. The molecule has 0 spiro atoms. The van der Waals surface area contributed by atoms with E-state index in [0.717, 1.165) is 11.1 Å². The van der Waals surface area contributed by atoms with Crippen LogP contribution in [0, 0.1) is 17.0 Å². The maximum Gasteiger partial charge on any atom is 0.269 e.